The Labute approximate surface area is 102 Å². The first-order chi connectivity index (χ1) is 8.13. The third-order valence-electron chi connectivity index (χ3n) is 2.36. The van der Waals surface area contributed by atoms with E-state index in [1.807, 2.05) is 0 Å². The average Bonchev–Trinajstić information content (AvgIpc) is 2.26. The van der Waals surface area contributed by atoms with Crippen molar-refractivity contribution in [3.8, 4) is 0 Å². The molecule has 0 bridgehead atoms. The lowest BCUT2D eigenvalue weighted by atomic mass is 9.92. The first kappa shape index (κ1) is 14.3. The minimum atomic E-state index is -4.45. The lowest BCUT2D eigenvalue weighted by Crippen LogP contribution is -2.39. The smallest absolute Gasteiger partial charge is 0.416 e. The van der Waals surface area contributed by atoms with Gasteiger partial charge >= 0.3 is 12.3 Å². The minimum Gasteiger partial charge on any atom is -0.447 e. The zero-order valence-corrected chi connectivity index (χ0v) is 9.62. The second kappa shape index (κ2) is 4.85. The SMILES string of the molecule is CC(N)(COC(N)=O)c1cccc(C(F)(F)F)c1. The molecular formula is C11H13F3N2O2. The number of hydrogen-bond acceptors (Lipinski definition) is 3. The van der Waals surface area contributed by atoms with Gasteiger partial charge in [-0.2, -0.15) is 13.2 Å². The molecule has 1 aromatic carbocycles. The second-order valence-corrected chi connectivity index (χ2v) is 4.10. The zero-order chi connectivity index (χ0) is 14.0. The molecule has 0 aliphatic carbocycles. The Morgan fingerprint density at radius 1 is 1.33 bits per heavy atom. The van der Waals surface area contributed by atoms with Crippen molar-refractivity contribution in [3.05, 3.63) is 35.4 Å². The Bertz CT molecular complexity index is 444. The second-order valence-electron chi connectivity index (χ2n) is 4.10. The van der Waals surface area contributed by atoms with Crippen LogP contribution in [-0.2, 0) is 16.5 Å². The van der Waals surface area contributed by atoms with Crippen LogP contribution in [0.5, 0.6) is 0 Å². The number of carbonyl (C=O) groups excluding carboxylic acids is 1. The van der Waals surface area contributed by atoms with E-state index in [9.17, 15) is 18.0 Å². The van der Waals surface area contributed by atoms with E-state index >= 15 is 0 Å². The molecule has 0 aromatic heterocycles. The molecule has 100 valence electrons. The summed E-state index contributed by atoms with van der Waals surface area (Å²) in [5.41, 5.74) is 8.74. The summed E-state index contributed by atoms with van der Waals surface area (Å²) in [4.78, 5) is 10.5. The molecule has 1 aromatic rings. The van der Waals surface area contributed by atoms with Crippen molar-refractivity contribution in [2.75, 3.05) is 6.61 Å². The predicted octanol–water partition coefficient (Wildman–Crippen LogP) is 1.97. The Kier molecular flexibility index (Phi) is 3.85. The molecule has 7 heteroatoms. The van der Waals surface area contributed by atoms with Gasteiger partial charge in [-0.05, 0) is 24.6 Å². The molecule has 0 saturated heterocycles. The summed E-state index contributed by atoms with van der Waals surface area (Å²) in [6, 6.07) is 4.53. The molecule has 4 nitrogen and oxygen atoms in total. The predicted molar refractivity (Wildman–Crippen MR) is 58.5 cm³/mol. The van der Waals surface area contributed by atoms with Crippen LogP contribution >= 0.6 is 0 Å². The minimum absolute atomic E-state index is 0.207. The number of amides is 1. The van der Waals surface area contributed by atoms with E-state index in [2.05, 4.69) is 4.74 Å². The number of benzene rings is 1. The van der Waals surface area contributed by atoms with Crippen molar-refractivity contribution >= 4 is 6.09 Å². The topological polar surface area (TPSA) is 78.3 Å². The molecule has 1 rings (SSSR count). The van der Waals surface area contributed by atoms with Crippen LogP contribution in [0.1, 0.15) is 18.1 Å². The highest BCUT2D eigenvalue weighted by Crippen LogP contribution is 2.31. The van der Waals surface area contributed by atoms with Gasteiger partial charge in [0, 0.05) is 0 Å². The number of nitrogens with two attached hydrogens (primary N) is 2. The lowest BCUT2D eigenvalue weighted by molar-refractivity contribution is -0.137. The largest absolute Gasteiger partial charge is 0.447 e. The van der Waals surface area contributed by atoms with Gasteiger partial charge in [0.15, 0.2) is 0 Å². The molecule has 4 N–H and O–H groups in total. The van der Waals surface area contributed by atoms with E-state index < -0.39 is 23.4 Å². The Morgan fingerprint density at radius 2 is 1.89 bits per heavy atom. The zero-order valence-electron chi connectivity index (χ0n) is 9.62. The van der Waals surface area contributed by atoms with E-state index in [0.29, 0.717) is 0 Å². The van der Waals surface area contributed by atoms with Crippen LogP contribution < -0.4 is 11.5 Å². The van der Waals surface area contributed by atoms with Gasteiger partial charge < -0.3 is 16.2 Å². The monoisotopic (exact) mass is 262 g/mol. The van der Waals surface area contributed by atoms with Crippen LogP contribution in [0.4, 0.5) is 18.0 Å². The highest BCUT2D eigenvalue weighted by molar-refractivity contribution is 5.64. The number of carbonyl (C=O) groups is 1. The van der Waals surface area contributed by atoms with Crippen molar-refractivity contribution in [3.63, 3.8) is 0 Å². The number of ether oxygens (including phenoxy) is 1. The van der Waals surface area contributed by atoms with E-state index in [1.165, 1.54) is 19.1 Å². The summed E-state index contributed by atoms with van der Waals surface area (Å²) in [6.45, 7) is 1.15. The van der Waals surface area contributed by atoms with Gasteiger partial charge in [-0.25, -0.2) is 4.79 Å². The standard InChI is InChI=1S/C11H13F3N2O2/c1-10(16,6-18-9(15)17)7-3-2-4-8(5-7)11(12,13)14/h2-5H,6,16H2,1H3,(H2,15,17). The van der Waals surface area contributed by atoms with Gasteiger partial charge in [-0.1, -0.05) is 12.1 Å². The fraction of sp³-hybridized carbons (Fsp3) is 0.364. The quantitative estimate of drug-likeness (QED) is 0.874. The van der Waals surface area contributed by atoms with Crippen LogP contribution in [0.25, 0.3) is 0 Å². The van der Waals surface area contributed by atoms with Crippen molar-refractivity contribution < 1.29 is 22.7 Å². The summed E-state index contributed by atoms with van der Waals surface area (Å²) in [6.07, 6.45) is -5.48. The van der Waals surface area contributed by atoms with Crippen LogP contribution in [0, 0.1) is 0 Å². The maximum atomic E-state index is 12.5. The van der Waals surface area contributed by atoms with E-state index in [-0.39, 0.29) is 12.2 Å². The Balaban J connectivity index is 2.98. The van der Waals surface area contributed by atoms with Gasteiger partial charge in [0.25, 0.3) is 0 Å². The van der Waals surface area contributed by atoms with Crippen molar-refractivity contribution in [1.29, 1.82) is 0 Å². The normalized spacial score (nSPS) is 14.9. The third kappa shape index (κ3) is 3.63. The molecule has 0 aliphatic rings. The summed E-state index contributed by atoms with van der Waals surface area (Å²) < 4.78 is 42.1. The molecule has 0 radical (unpaired) electrons. The molecule has 1 unspecified atom stereocenters. The van der Waals surface area contributed by atoms with Crippen molar-refractivity contribution in [1.82, 2.24) is 0 Å². The Hall–Kier alpha value is -1.76. The number of alkyl halides is 3. The first-order valence-corrected chi connectivity index (χ1v) is 5.02. The number of primary amides is 1. The fourth-order valence-electron chi connectivity index (χ4n) is 1.36. The van der Waals surface area contributed by atoms with Crippen molar-refractivity contribution in [2.24, 2.45) is 11.5 Å². The molecule has 0 saturated carbocycles. The van der Waals surface area contributed by atoms with Crippen LogP contribution in [-0.4, -0.2) is 12.7 Å². The van der Waals surface area contributed by atoms with Gasteiger partial charge in [0.2, 0.25) is 0 Å². The lowest BCUT2D eigenvalue weighted by Gasteiger charge is -2.25. The first-order valence-electron chi connectivity index (χ1n) is 5.02. The maximum Gasteiger partial charge on any atom is 0.416 e. The maximum absolute atomic E-state index is 12.5. The van der Waals surface area contributed by atoms with Crippen LogP contribution in [0.2, 0.25) is 0 Å². The molecule has 0 spiro atoms. The summed E-state index contributed by atoms with van der Waals surface area (Å²) in [7, 11) is 0. The van der Waals surface area contributed by atoms with Gasteiger partial charge in [-0.15, -0.1) is 0 Å². The van der Waals surface area contributed by atoms with Crippen LogP contribution in [0.15, 0.2) is 24.3 Å². The molecular weight excluding hydrogens is 249 g/mol. The summed E-state index contributed by atoms with van der Waals surface area (Å²) in [5.74, 6) is 0. The molecule has 1 amide bonds. The van der Waals surface area contributed by atoms with E-state index in [0.717, 1.165) is 12.1 Å². The average molecular weight is 262 g/mol. The van der Waals surface area contributed by atoms with Crippen LogP contribution in [0.3, 0.4) is 0 Å². The highest BCUT2D eigenvalue weighted by atomic mass is 19.4. The number of rotatable bonds is 3. The fourth-order valence-corrected chi connectivity index (χ4v) is 1.36. The number of halogens is 3. The molecule has 0 heterocycles. The van der Waals surface area contributed by atoms with E-state index in [1.54, 1.807) is 0 Å². The summed E-state index contributed by atoms with van der Waals surface area (Å²) >= 11 is 0. The molecule has 1 atom stereocenters. The molecule has 0 aliphatic heterocycles. The van der Waals surface area contributed by atoms with Crippen molar-refractivity contribution in [2.45, 2.75) is 18.6 Å². The van der Waals surface area contributed by atoms with Gasteiger partial charge in [-0.3, -0.25) is 0 Å². The van der Waals surface area contributed by atoms with Gasteiger partial charge in [0.05, 0.1) is 11.1 Å². The third-order valence-corrected chi connectivity index (χ3v) is 2.36. The highest BCUT2D eigenvalue weighted by Gasteiger charge is 2.32. The Morgan fingerprint density at radius 3 is 2.39 bits per heavy atom. The molecule has 18 heavy (non-hydrogen) atoms. The van der Waals surface area contributed by atoms with E-state index in [4.69, 9.17) is 11.5 Å². The van der Waals surface area contributed by atoms with Gasteiger partial charge in [0.1, 0.15) is 6.61 Å². The summed E-state index contributed by atoms with van der Waals surface area (Å²) in [5, 5.41) is 0. The number of hydrogen-bond donors (Lipinski definition) is 2. The molecule has 0 fully saturated rings.